The molecular weight excluding hydrogens is 246 g/mol. The normalized spacial score (nSPS) is 11.0. The number of hydrogen-bond acceptors (Lipinski definition) is 3. The summed E-state index contributed by atoms with van der Waals surface area (Å²) in [6, 6.07) is 15.6. The van der Waals surface area contributed by atoms with Crippen molar-refractivity contribution >= 4 is 29.0 Å². The third-order valence-electron chi connectivity index (χ3n) is 2.94. The van der Waals surface area contributed by atoms with Gasteiger partial charge in [-0.05, 0) is 29.8 Å². The predicted octanol–water partition coefficient (Wildman–Crippen LogP) is 4.02. The first-order valence-corrected chi connectivity index (χ1v) is 6.33. The number of nitrogens with zero attached hydrogens (tertiary/aromatic N) is 3. The molecule has 0 N–H and O–H groups in total. The van der Waals surface area contributed by atoms with Crippen molar-refractivity contribution in [2.24, 2.45) is 4.99 Å². The van der Waals surface area contributed by atoms with Crippen LogP contribution >= 0.6 is 0 Å². The van der Waals surface area contributed by atoms with Gasteiger partial charge in [-0.25, -0.2) is 4.98 Å². The molecule has 20 heavy (non-hydrogen) atoms. The third kappa shape index (κ3) is 2.62. The molecule has 2 aromatic carbocycles. The Morgan fingerprint density at radius 2 is 1.70 bits per heavy atom. The van der Waals surface area contributed by atoms with Crippen LogP contribution in [0, 0.1) is 0 Å². The van der Waals surface area contributed by atoms with Crippen molar-refractivity contribution in [3.63, 3.8) is 0 Å². The molecule has 0 fully saturated rings. The Bertz CT molecular complexity index is 774. The van der Waals surface area contributed by atoms with E-state index in [9.17, 15) is 0 Å². The van der Waals surface area contributed by atoms with Crippen molar-refractivity contribution in [1.82, 2.24) is 9.97 Å². The quantitative estimate of drug-likeness (QED) is 0.666. The van der Waals surface area contributed by atoms with E-state index >= 15 is 0 Å². The molecule has 3 rings (SSSR count). The maximum Gasteiger partial charge on any atom is 0.100 e. The van der Waals surface area contributed by atoms with Gasteiger partial charge in [-0.2, -0.15) is 0 Å². The fourth-order valence-electron chi connectivity index (χ4n) is 1.87. The van der Waals surface area contributed by atoms with E-state index in [2.05, 4.69) is 21.5 Å². The highest BCUT2D eigenvalue weighted by molar-refractivity contribution is 5.83. The van der Waals surface area contributed by atoms with E-state index in [0.717, 1.165) is 28.0 Å². The Morgan fingerprint density at radius 3 is 2.45 bits per heavy atom. The average molecular weight is 259 g/mol. The van der Waals surface area contributed by atoms with Crippen LogP contribution in [0.1, 0.15) is 11.3 Å². The first-order valence-electron chi connectivity index (χ1n) is 6.33. The predicted molar refractivity (Wildman–Crippen MR) is 83.3 cm³/mol. The molecule has 0 aliphatic rings. The van der Waals surface area contributed by atoms with Crippen molar-refractivity contribution < 1.29 is 0 Å². The molecule has 0 saturated heterocycles. The number of aliphatic imine (C=N–C) groups is 1. The van der Waals surface area contributed by atoms with Crippen molar-refractivity contribution in [1.29, 1.82) is 0 Å². The summed E-state index contributed by atoms with van der Waals surface area (Å²) in [7, 11) is 0. The van der Waals surface area contributed by atoms with Gasteiger partial charge in [0.05, 0.1) is 29.1 Å². The molecule has 0 amide bonds. The van der Waals surface area contributed by atoms with E-state index in [1.54, 1.807) is 12.4 Å². The number of fused-ring (bicyclic) bond motifs is 1. The van der Waals surface area contributed by atoms with Crippen molar-refractivity contribution in [2.75, 3.05) is 0 Å². The van der Waals surface area contributed by atoms with Gasteiger partial charge in [-0.3, -0.25) is 9.98 Å². The first kappa shape index (κ1) is 12.2. The first-order chi connectivity index (χ1) is 9.85. The van der Waals surface area contributed by atoms with E-state index in [4.69, 9.17) is 0 Å². The van der Waals surface area contributed by atoms with Gasteiger partial charge in [0.15, 0.2) is 0 Å². The van der Waals surface area contributed by atoms with Crippen LogP contribution in [0.25, 0.3) is 17.1 Å². The smallest absolute Gasteiger partial charge is 0.100 e. The molecule has 0 bridgehead atoms. The summed E-state index contributed by atoms with van der Waals surface area (Å²) in [5.74, 6) is 0. The zero-order chi connectivity index (χ0) is 13.8. The summed E-state index contributed by atoms with van der Waals surface area (Å²) in [5.41, 5.74) is 4.47. The number of benzene rings is 2. The Kier molecular flexibility index (Phi) is 3.33. The van der Waals surface area contributed by atoms with Gasteiger partial charge in [0, 0.05) is 0 Å². The minimum absolute atomic E-state index is 0.747. The second-order valence-electron chi connectivity index (χ2n) is 4.34. The van der Waals surface area contributed by atoms with Crippen LogP contribution in [0.5, 0.6) is 0 Å². The largest absolute Gasteiger partial charge is 0.255 e. The van der Waals surface area contributed by atoms with Gasteiger partial charge in [0.1, 0.15) is 5.69 Å². The Balaban J connectivity index is 1.87. The van der Waals surface area contributed by atoms with E-state index in [-0.39, 0.29) is 0 Å². The molecule has 0 radical (unpaired) electrons. The molecule has 1 heterocycles. The lowest BCUT2D eigenvalue weighted by atomic mass is 10.2. The minimum Gasteiger partial charge on any atom is -0.255 e. The summed E-state index contributed by atoms with van der Waals surface area (Å²) in [5, 5.41) is 0. The average Bonchev–Trinajstić information content (AvgIpc) is 2.53. The molecule has 0 aliphatic carbocycles. The fraction of sp³-hybridized carbons (Fsp3) is 0. The third-order valence-corrected chi connectivity index (χ3v) is 2.94. The van der Waals surface area contributed by atoms with Gasteiger partial charge in [-0.1, -0.05) is 36.9 Å². The lowest BCUT2D eigenvalue weighted by molar-refractivity contribution is 1.27. The van der Waals surface area contributed by atoms with Gasteiger partial charge in [0.2, 0.25) is 0 Å². The lowest BCUT2D eigenvalue weighted by Crippen LogP contribution is -1.90. The SMILES string of the molecule is C=Cc1ccc(N=Cc2cnc3ccccc3n2)cc1. The highest BCUT2D eigenvalue weighted by Gasteiger charge is 1.96. The highest BCUT2D eigenvalue weighted by atomic mass is 14.8. The van der Waals surface area contributed by atoms with Crippen LogP contribution in [0.4, 0.5) is 5.69 Å². The van der Waals surface area contributed by atoms with Crippen LogP contribution in [0.2, 0.25) is 0 Å². The minimum atomic E-state index is 0.747. The van der Waals surface area contributed by atoms with Crippen LogP contribution in [-0.4, -0.2) is 16.2 Å². The maximum absolute atomic E-state index is 4.50. The van der Waals surface area contributed by atoms with Gasteiger partial charge in [-0.15, -0.1) is 0 Å². The summed E-state index contributed by atoms with van der Waals surface area (Å²) in [6.07, 6.45) is 5.26. The fourth-order valence-corrected chi connectivity index (χ4v) is 1.87. The van der Waals surface area contributed by atoms with Crippen molar-refractivity contribution in [3.05, 3.63) is 72.6 Å². The van der Waals surface area contributed by atoms with Crippen molar-refractivity contribution in [2.45, 2.75) is 0 Å². The topological polar surface area (TPSA) is 38.1 Å². The van der Waals surface area contributed by atoms with Gasteiger partial charge >= 0.3 is 0 Å². The van der Waals surface area contributed by atoms with Crippen molar-refractivity contribution in [3.8, 4) is 0 Å². The monoisotopic (exact) mass is 259 g/mol. The van der Waals surface area contributed by atoms with E-state index in [1.165, 1.54) is 0 Å². The lowest BCUT2D eigenvalue weighted by Gasteiger charge is -1.98. The molecule has 0 saturated carbocycles. The van der Waals surface area contributed by atoms with E-state index in [1.807, 2.05) is 54.6 Å². The second-order valence-corrected chi connectivity index (χ2v) is 4.34. The van der Waals surface area contributed by atoms with Crippen LogP contribution in [0.3, 0.4) is 0 Å². The van der Waals surface area contributed by atoms with Crippen LogP contribution < -0.4 is 0 Å². The van der Waals surface area contributed by atoms with E-state index < -0.39 is 0 Å². The molecule has 3 nitrogen and oxygen atoms in total. The summed E-state index contributed by atoms with van der Waals surface area (Å²) in [4.78, 5) is 13.2. The molecule has 0 unspecified atom stereocenters. The highest BCUT2D eigenvalue weighted by Crippen LogP contribution is 2.14. The number of aromatic nitrogens is 2. The summed E-state index contributed by atoms with van der Waals surface area (Å²) >= 11 is 0. The van der Waals surface area contributed by atoms with Gasteiger partial charge in [0.25, 0.3) is 0 Å². The van der Waals surface area contributed by atoms with Crippen LogP contribution in [0.15, 0.2) is 66.3 Å². The molecule has 0 aliphatic heterocycles. The number of rotatable bonds is 3. The Hall–Kier alpha value is -2.81. The van der Waals surface area contributed by atoms with Crippen LogP contribution in [-0.2, 0) is 0 Å². The van der Waals surface area contributed by atoms with E-state index in [0.29, 0.717) is 0 Å². The standard InChI is InChI=1S/C17H13N3/c1-2-13-7-9-14(10-8-13)18-11-15-12-19-16-5-3-4-6-17(16)20-15/h2-12H,1H2. The zero-order valence-corrected chi connectivity index (χ0v) is 10.9. The molecule has 0 atom stereocenters. The van der Waals surface area contributed by atoms with Gasteiger partial charge < -0.3 is 0 Å². The molecule has 96 valence electrons. The maximum atomic E-state index is 4.50. The zero-order valence-electron chi connectivity index (χ0n) is 10.9. The molecule has 3 aromatic rings. The second kappa shape index (κ2) is 5.45. The summed E-state index contributed by atoms with van der Waals surface area (Å²) < 4.78 is 0. The number of para-hydroxylation sites is 2. The Labute approximate surface area is 117 Å². The molecule has 0 spiro atoms. The molecule has 3 heteroatoms. The molecular formula is C17H13N3. The Morgan fingerprint density at radius 1 is 0.950 bits per heavy atom. The molecule has 1 aromatic heterocycles. The number of hydrogen-bond donors (Lipinski definition) is 0. The summed E-state index contributed by atoms with van der Waals surface area (Å²) in [6.45, 7) is 3.73.